The number of halogens is 1. The molecule has 0 atom stereocenters. The van der Waals surface area contributed by atoms with Crippen LogP contribution in [0.15, 0.2) is 22.7 Å². The number of ether oxygens (including phenoxy) is 1. The van der Waals surface area contributed by atoms with Crippen LogP contribution in [0.5, 0.6) is 5.75 Å². The van der Waals surface area contributed by atoms with Crippen molar-refractivity contribution in [2.75, 3.05) is 13.1 Å². The van der Waals surface area contributed by atoms with Gasteiger partial charge in [0.25, 0.3) is 0 Å². The number of hydrogen-bond acceptors (Lipinski definition) is 2. The highest BCUT2D eigenvalue weighted by Crippen LogP contribution is 2.34. The molecule has 1 aromatic carbocycles. The van der Waals surface area contributed by atoms with Crippen LogP contribution in [0.3, 0.4) is 0 Å². The van der Waals surface area contributed by atoms with Crippen LogP contribution in [0.25, 0.3) is 0 Å². The van der Waals surface area contributed by atoms with Gasteiger partial charge in [0.1, 0.15) is 5.75 Å². The lowest BCUT2D eigenvalue weighted by Crippen LogP contribution is -2.37. The number of carbonyl (C=O) groups excluding carboxylic acids is 1. The van der Waals surface area contributed by atoms with E-state index < -0.39 is 0 Å². The van der Waals surface area contributed by atoms with Crippen LogP contribution < -0.4 is 4.74 Å². The quantitative estimate of drug-likeness (QED) is 0.740. The molecule has 110 valence electrons. The molecule has 0 radical (unpaired) electrons. The van der Waals surface area contributed by atoms with Crippen molar-refractivity contribution in [3.05, 3.63) is 28.2 Å². The van der Waals surface area contributed by atoms with E-state index in [1.54, 1.807) is 4.90 Å². The second kappa shape index (κ2) is 6.17. The summed E-state index contributed by atoms with van der Waals surface area (Å²) in [6.45, 7) is 7.97. The molecule has 0 N–H and O–H groups in total. The molecule has 1 saturated heterocycles. The number of piperidine rings is 1. The summed E-state index contributed by atoms with van der Waals surface area (Å²) in [7, 11) is 0. The van der Waals surface area contributed by atoms with Gasteiger partial charge in [0.2, 0.25) is 0 Å². The van der Waals surface area contributed by atoms with Gasteiger partial charge in [-0.3, -0.25) is 0 Å². The predicted molar refractivity (Wildman–Crippen MR) is 84.3 cm³/mol. The third-order valence-electron chi connectivity index (χ3n) is 3.56. The fraction of sp³-hybridized carbons (Fsp3) is 0.562. The summed E-state index contributed by atoms with van der Waals surface area (Å²) in [5.41, 5.74) is 0.971. The second-order valence-corrected chi connectivity index (χ2v) is 7.22. The third kappa shape index (κ3) is 3.75. The monoisotopic (exact) mass is 339 g/mol. The van der Waals surface area contributed by atoms with Gasteiger partial charge in [-0.25, -0.2) is 4.79 Å². The Hall–Kier alpha value is -1.03. The topological polar surface area (TPSA) is 29.5 Å². The Labute approximate surface area is 129 Å². The van der Waals surface area contributed by atoms with Crippen LogP contribution in [-0.2, 0) is 5.41 Å². The first-order valence-electron chi connectivity index (χ1n) is 7.15. The zero-order chi connectivity index (χ0) is 14.8. The normalized spacial score (nSPS) is 16.1. The standard InChI is InChI=1S/C16H22BrNO2/c1-16(2,3)13-11-12(17)7-8-14(13)20-15(19)18-9-5-4-6-10-18/h7-8,11H,4-6,9-10H2,1-3H3. The van der Waals surface area contributed by atoms with E-state index in [1.807, 2.05) is 18.2 Å². The molecule has 0 saturated carbocycles. The summed E-state index contributed by atoms with van der Waals surface area (Å²) in [5, 5.41) is 0. The summed E-state index contributed by atoms with van der Waals surface area (Å²) < 4.78 is 6.63. The average Bonchev–Trinajstić information content (AvgIpc) is 2.40. The number of benzene rings is 1. The Morgan fingerprint density at radius 1 is 1.20 bits per heavy atom. The van der Waals surface area contributed by atoms with Crippen LogP contribution >= 0.6 is 15.9 Å². The van der Waals surface area contributed by atoms with Gasteiger partial charge in [-0.05, 0) is 42.9 Å². The highest BCUT2D eigenvalue weighted by molar-refractivity contribution is 9.10. The Bertz CT molecular complexity index is 488. The van der Waals surface area contributed by atoms with E-state index >= 15 is 0 Å². The molecule has 1 aliphatic heterocycles. The Morgan fingerprint density at radius 2 is 1.85 bits per heavy atom. The molecule has 0 aliphatic carbocycles. The number of carbonyl (C=O) groups is 1. The first kappa shape index (κ1) is 15.4. The van der Waals surface area contributed by atoms with Crippen LogP contribution in [0.1, 0.15) is 45.6 Å². The van der Waals surface area contributed by atoms with Gasteiger partial charge in [0.15, 0.2) is 0 Å². The molecule has 1 heterocycles. The number of rotatable bonds is 1. The molecule has 0 aromatic heterocycles. The second-order valence-electron chi connectivity index (χ2n) is 6.31. The van der Waals surface area contributed by atoms with Crippen LogP contribution in [0, 0.1) is 0 Å². The third-order valence-corrected chi connectivity index (χ3v) is 4.05. The average molecular weight is 340 g/mol. The van der Waals surface area contributed by atoms with E-state index in [-0.39, 0.29) is 11.5 Å². The fourth-order valence-electron chi connectivity index (χ4n) is 2.41. The Balaban J connectivity index is 2.18. The molecule has 20 heavy (non-hydrogen) atoms. The predicted octanol–water partition coefficient (Wildman–Crippen LogP) is 4.73. The maximum absolute atomic E-state index is 12.2. The Kier molecular flexibility index (Phi) is 4.74. The van der Waals surface area contributed by atoms with Gasteiger partial charge < -0.3 is 9.64 Å². The van der Waals surface area contributed by atoms with Crippen molar-refractivity contribution in [3.8, 4) is 5.75 Å². The molecule has 1 fully saturated rings. The maximum Gasteiger partial charge on any atom is 0.415 e. The van der Waals surface area contributed by atoms with Gasteiger partial charge in [0.05, 0.1) is 0 Å². The molecule has 1 amide bonds. The number of likely N-dealkylation sites (tertiary alicyclic amines) is 1. The first-order valence-corrected chi connectivity index (χ1v) is 7.94. The summed E-state index contributed by atoms with van der Waals surface area (Å²) in [6.07, 6.45) is 3.12. The number of hydrogen-bond donors (Lipinski definition) is 0. The number of amides is 1. The van der Waals surface area contributed by atoms with Crippen molar-refractivity contribution in [2.45, 2.75) is 45.4 Å². The molecule has 2 rings (SSSR count). The van der Waals surface area contributed by atoms with Crippen LogP contribution in [0.4, 0.5) is 4.79 Å². The molecular weight excluding hydrogens is 318 g/mol. The summed E-state index contributed by atoms with van der Waals surface area (Å²) >= 11 is 3.48. The largest absolute Gasteiger partial charge is 0.415 e. The Morgan fingerprint density at radius 3 is 2.45 bits per heavy atom. The smallest absolute Gasteiger partial charge is 0.410 e. The van der Waals surface area contributed by atoms with Gasteiger partial charge in [-0.2, -0.15) is 0 Å². The van der Waals surface area contributed by atoms with Gasteiger partial charge >= 0.3 is 6.09 Å². The zero-order valence-corrected chi connectivity index (χ0v) is 14.0. The van der Waals surface area contributed by atoms with Gasteiger partial charge in [-0.15, -0.1) is 0 Å². The highest BCUT2D eigenvalue weighted by atomic mass is 79.9. The lowest BCUT2D eigenvalue weighted by molar-refractivity contribution is 0.142. The SMILES string of the molecule is CC(C)(C)c1cc(Br)ccc1OC(=O)N1CCCCC1. The molecule has 0 bridgehead atoms. The minimum absolute atomic E-state index is 0.0682. The molecule has 1 aliphatic rings. The summed E-state index contributed by atoms with van der Waals surface area (Å²) in [4.78, 5) is 14.0. The molecule has 1 aromatic rings. The fourth-order valence-corrected chi connectivity index (χ4v) is 2.77. The van der Waals surface area contributed by atoms with E-state index in [9.17, 15) is 4.79 Å². The van der Waals surface area contributed by atoms with Crippen molar-refractivity contribution in [1.82, 2.24) is 4.90 Å². The van der Waals surface area contributed by atoms with Crippen LogP contribution in [0.2, 0.25) is 0 Å². The molecular formula is C16H22BrNO2. The minimum Gasteiger partial charge on any atom is -0.410 e. The van der Waals surface area contributed by atoms with Crippen LogP contribution in [-0.4, -0.2) is 24.1 Å². The number of nitrogens with zero attached hydrogens (tertiary/aromatic N) is 1. The zero-order valence-electron chi connectivity index (χ0n) is 12.4. The molecule has 4 heteroatoms. The summed E-state index contributed by atoms with van der Waals surface area (Å²) in [5.74, 6) is 0.663. The molecule has 0 unspecified atom stereocenters. The van der Waals surface area contributed by atoms with Crippen molar-refractivity contribution < 1.29 is 9.53 Å². The molecule has 0 spiro atoms. The first-order chi connectivity index (χ1) is 9.38. The lowest BCUT2D eigenvalue weighted by atomic mass is 9.86. The molecule has 3 nitrogen and oxygen atoms in total. The van der Waals surface area contributed by atoms with Gasteiger partial charge in [0, 0.05) is 23.1 Å². The lowest BCUT2D eigenvalue weighted by Gasteiger charge is -2.28. The van der Waals surface area contributed by atoms with Crippen molar-refractivity contribution in [1.29, 1.82) is 0 Å². The van der Waals surface area contributed by atoms with Crippen molar-refractivity contribution >= 4 is 22.0 Å². The highest BCUT2D eigenvalue weighted by Gasteiger charge is 2.23. The van der Waals surface area contributed by atoms with Gasteiger partial charge in [-0.1, -0.05) is 36.7 Å². The van der Waals surface area contributed by atoms with E-state index in [4.69, 9.17) is 4.74 Å². The minimum atomic E-state index is -0.225. The van der Waals surface area contributed by atoms with E-state index in [1.165, 1.54) is 6.42 Å². The van der Waals surface area contributed by atoms with E-state index in [2.05, 4.69) is 36.7 Å². The van der Waals surface area contributed by atoms with E-state index in [0.717, 1.165) is 36.0 Å². The maximum atomic E-state index is 12.2. The summed E-state index contributed by atoms with van der Waals surface area (Å²) in [6, 6.07) is 5.80. The van der Waals surface area contributed by atoms with Crippen molar-refractivity contribution in [2.24, 2.45) is 0 Å². The van der Waals surface area contributed by atoms with E-state index in [0.29, 0.717) is 5.75 Å². The van der Waals surface area contributed by atoms with Crippen molar-refractivity contribution in [3.63, 3.8) is 0 Å².